The Hall–Kier alpha value is -3.48. The highest BCUT2D eigenvalue weighted by Gasteiger charge is 2.21. The van der Waals surface area contributed by atoms with Gasteiger partial charge in [-0.25, -0.2) is 9.37 Å². The van der Waals surface area contributed by atoms with Gasteiger partial charge in [0.25, 0.3) is 5.91 Å². The summed E-state index contributed by atoms with van der Waals surface area (Å²) in [5.74, 6) is 0.0540. The Balaban J connectivity index is 1.85. The third-order valence-electron chi connectivity index (χ3n) is 4.08. The monoisotopic (exact) mass is 366 g/mol. The summed E-state index contributed by atoms with van der Waals surface area (Å²) in [4.78, 5) is 21.7. The standard InChI is InChI=1S/C20H19FN4O2/c1-25-12-11-22-19(25)18(15-7-9-17(21)10-8-15)24-20(26)16-5-3-14(4-6-16)13-23-27-2/h3-13,18H,1-2H3,(H,24,26)/b23-13+. The van der Waals surface area contributed by atoms with Gasteiger partial charge in [-0.1, -0.05) is 29.4 Å². The van der Waals surface area contributed by atoms with Crippen LogP contribution in [0.3, 0.4) is 0 Å². The molecule has 7 heteroatoms. The fourth-order valence-electron chi connectivity index (χ4n) is 2.66. The number of nitrogens with one attached hydrogen (secondary N) is 1. The minimum Gasteiger partial charge on any atom is -0.399 e. The Morgan fingerprint density at radius 1 is 1.22 bits per heavy atom. The van der Waals surface area contributed by atoms with Crippen molar-refractivity contribution in [2.24, 2.45) is 12.2 Å². The van der Waals surface area contributed by atoms with E-state index in [2.05, 4.69) is 20.3 Å². The van der Waals surface area contributed by atoms with E-state index < -0.39 is 6.04 Å². The van der Waals surface area contributed by atoms with E-state index in [0.29, 0.717) is 11.4 Å². The number of aryl methyl sites for hydroxylation is 1. The molecule has 1 amide bonds. The first-order valence-electron chi connectivity index (χ1n) is 8.28. The lowest BCUT2D eigenvalue weighted by atomic mass is 10.0. The van der Waals surface area contributed by atoms with Crippen molar-refractivity contribution in [2.75, 3.05) is 7.11 Å². The molecule has 3 rings (SSSR count). The summed E-state index contributed by atoms with van der Waals surface area (Å²) in [6, 6.07) is 12.4. The molecular weight excluding hydrogens is 347 g/mol. The summed E-state index contributed by atoms with van der Waals surface area (Å²) in [5.41, 5.74) is 2.04. The second kappa shape index (κ2) is 8.27. The van der Waals surface area contributed by atoms with Gasteiger partial charge < -0.3 is 14.7 Å². The molecule has 1 aromatic heterocycles. The topological polar surface area (TPSA) is 68.5 Å². The maximum Gasteiger partial charge on any atom is 0.252 e. The number of carbonyl (C=O) groups excluding carboxylic acids is 1. The first-order valence-corrected chi connectivity index (χ1v) is 8.28. The molecule has 138 valence electrons. The van der Waals surface area contributed by atoms with Crippen molar-refractivity contribution in [1.82, 2.24) is 14.9 Å². The predicted molar refractivity (Wildman–Crippen MR) is 100.0 cm³/mol. The van der Waals surface area contributed by atoms with Gasteiger partial charge in [0.1, 0.15) is 24.8 Å². The van der Waals surface area contributed by atoms with Crippen LogP contribution in [0.2, 0.25) is 0 Å². The van der Waals surface area contributed by atoms with Gasteiger partial charge in [-0.05, 0) is 35.4 Å². The van der Waals surface area contributed by atoms with E-state index in [0.717, 1.165) is 11.1 Å². The van der Waals surface area contributed by atoms with Crippen LogP contribution < -0.4 is 5.32 Å². The number of halogens is 1. The maximum absolute atomic E-state index is 13.3. The zero-order valence-corrected chi connectivity index (χ0v) is 15.0. The molecule has 3 aromatic rings. The van der Waals surface area contributed by atoms with Gasteiger partial charge in [0, 0.05) is 25.0 Å². The molecule has 1 atom stereocenters. The number of carbonyl (C=O) groups is 1. The number of aromatic nitrogens is 2. The minimum absolute atomic E-state index is 0.262. The van der Waals surface area contributed by atoms with Crippen LogP contribution in [0, 0.1) is 5.82 Å². The van der Waals surface area contributed by atoms with Crippen LogP contribution in [0.5, 0.6) is 0 Å². The van der Waals surface area contributed by atoms with Crippen LogP contribution in [0.4, 0.5) is 4.39 Å². The van der Waals surface area contributed by atoms with Gasteiger partial charge in [0.15, 0.2) is 0 Å². The summed E-state index contributed by atoms with van der Waals surface area (Å²) in [7, 11) is 3.31. The molecular formula is C20H19FN4O2. The van der Waals surface area contributed by atoms with E-state index in [-0.39, 0.29) is 11.7 Å². The largest absolute Gasteiger partial charge is 0.399 e. The van der Waals surface area contributed by atoms with Crippen molar-refractivity contribution in [1.29, 1.82) is 0 Å². The van der Waals surface area contributed by atoms with Crippen molar-refractivity contribution in [3.63, 3.8) is 0 Å². The van der Waals surface area contributed by atoms with E-state index in [1.807, 2.05) is 11.6 Å². The Kier molecular flexibility index (Phi) is 5.61. The normalized spacial score (nSPS) is 12.1. The van der Waals surface area contributed by atoms with Gasteiger partial charge in [-0.15, -0.1) is 0 Å². The third-order valence-corrected chi connectivity index (χ3v) is 4.08. The number of amides is 1. The molecule has 0 fully saturated rings. The molecule has 1 N–H and O–H groups in total. The fraction of sp³-hybridized carbons (Fsp3) is 0.150. The van der Waals surface area contributed by atoms with Gasteiger partial charge >= 0.3 is 0 Å². The summed E-state index contributed by atoms with van der Waals surface area (Å²) < 4.78 is 15.1. The molecule has 0 radical (unpaired) electrons. The molecule has 6 nitrogen and oxygen atoms in total. The minimum atomic E-state index is -0.507. The van der Waals surface area contributed by atoms with Crippen LogP contribution in [-0.4, -0.2) is 28.8 Å². The van der Waals surface area contributed by atoms with Crippen molar-refractivity contribution in [3.05, 3.63) is 89.3 Å². The van der Waals surface area contributed by atoms with E-state index >= 15 is 0 Å². The van der Waals surface area contributed by atoms with E-state index in [4.69, 9.17) is 0 Å². The number of hydrogen-bond acceptors (Lipinski definition) is 4. The maximum atomic E-state index is 13.3. The summed E-state index contributed by atoms with van der Waals surface area (Å²) in [6.45, 7) is 0. The first kappa shape index (κ1) is 18.3. The first-order chi connectivity index (χ1) is 13.1. The second-order valence-electron chi connectivity index (χ2n) is 5.89. The van der Waals surface area contributed by atoms with Crippen LogP contribution in [-0.2, 0) is 11.9 Å². The predicted octanol–water partition coefficient (Wildman–Crippen LogP) is 3.06. The third kappa shape index (κ3) is 4.38. The average Bonchev–Trinajstić information content (AvgIpc) is 3.11. The van der Waals surface area contributed by atoms with Crippen LogP contribution in [0.1, 0.15) is 33.4 Å². The molecule has 1 unspecified atom stereocenters. The lowest BCUT2D eigenvalue weighted by Gasteiger charge is -2.19. The number of benzene rings is 2. The van der Waals surface area contributed by atoms with Gasteiger partial charge in [-0.2, -0.15) is 0 Å². The van der Waals surface area contributed by atoms with Crippen molar-refractivity contribution in [2.45, 2.75) is 6.04 Å². The average molecular weight is 366 g/mol. The number of imidazole rings is 1. The summed E-state index contributed by atoms with van der Waals surface area (Å²) >= 11 is 0. The lowest BCUT2D eigenvalue weighted by Crippen LogP contribution is -2.31. The lowest BCUT2D eigenvalue weighted by molar-refractivity contribution is 0.0941. The number of rotatable bonds is 6. The molecule has 0 bridgehead atoms. The van der Waals surface area contributed by atoms with Crippen molar-refractivity contribution < 1.29 is 14.0 Å². The van der Waals surface area contributed by atoms with Gasteiger partial charge in [0.05, 0.1) is 6.21 Å². The fourth-order valence-corrected chi connectivity index (χ4v) is 2.66. The Morgan fingerprint density at radius 3 is 2.52 bits per heavy atom. The molecule has 0 spiro atoms. The van der Waals surface area contributed by atoms with Crippen molar-refractivity contribution >= 4 is 12.1 Å². The van der Waals surface area contributed by atoms with Crippen molar-refractivity contribution in [3.8, 4) is 0 Å². The quantitative estimate of drug-likeness (QED) is 0.538. The highest BCUT2D eigenvalue weighted by molar-refractivity contribution is 5.95. The van der Waals surface area contributed by atoms with Crippen LogP contribution >= 0.6 is 0 Å². The zero-order valence-electron chi connectivity index (χ0n) is 15.0. The van der Waals surface area contributed by atoms with E-state index in [9.17, 15) is 9.18 Å². The molecule has 1 heterocycles. The Labute approximate surface area is 156 Å². The second-order valence-corrected chi connectivity index (χ2v) is 5.89. The molecule has 0 saturated heterocycles. The molecule has 2 aromatic carbocycles. The number of hydrogen-bond donors (Lipinski definition) is 1. The smallest absolute Gasteiger partial charge is 0.252 e. The van der Waals surface area contributed by atoms with E-state index in [1.165, 1.54) is 19.2 Å². The zero-order chi connectivity index (χ0) is 19.2. The molecule has 0 aliphatic carbocycles. The molecule has 27 heavy (non-hydrogen) atoms. The summed E-state index contributed by atoms with van der Waals surface area (Å²) in [6.07, 6.45) is 5.00. The number of oxime groups is 1. The highest BCUT2D eigenvalue weighted by atomic mass is 19.1. The highest BCUT2D eigenvalue weighted by Crippen LogP contribution is 2.21. The molecule has 0 saturated carbocycles. The molecule has 0 aliphatic rings. The summed E-state index contributed by atoms with van der Waals surface area (Å²) in [5, 5.41) is 6.66. The Morgan fingerprint density at radius 2 is 1.93 bits per heavy atom. The molecule has 0 aliphatic heterocycles. The number of nitrogens with zero attached hydrogens (tertiary/aromatic N) is 3. The van der Waals surface area contributed by atoms with Gasteiger partial charge in [-0.3, -0.25) is 4.79 Å². The van der Waals surface area contributed by atoms with Crippen LogP contribution in [0.15, 0.2) is 66.1 Å². The van der Waals surface area contributed by atoms with E-state index in [1.54, 1.807) is 55.0 Å². The van der Waals surface area contributed by atoms with Crippen LogP contribution in [0.25, 0.3) is 0 Å². The SMILES string of the molecule is CO/N=C/c1ccc(C(=O)NC(c2ccc(F)cc2)c2nccn2C)cc1. The Bertz CT molecular complexity index is 933. The van der Waals surface area contributed by atoms with Gasteiger partial charge in [0.2, 0.25) is 0 Å².